The Bertz CT molecular complexity index is 1140. The number of nitrogens with zero attached hydrogens (tertiary/aromatic N) is 1. The van der Waals surface area contributed by atoms with Gasteiger partial charge in [0.1, 0.15) is 5.75 Å². The average Bonchev–Trinajstić information content (AvgIpc) is 2.93. The molecule has 28 heavy (non-hydrogen) atoms. The van der Waals surface area contributed by atoms with Crippen LogP contribution < -0.4 is 10.1 Å². The van der Waals surface area contributed by atoms with Gasteiger partial charge in [0.25, 0.3) is 5.91 Å². The van der Waals surface area contributed by atoms with Crippen molar-refractivity contribution in [3.8, 4) is 5.75 Å². The molecule has 0 spiro atoms. The Morgan fingerprint density at radius 1 is 1.21 bits per heavy atom. The number of carbonyl (C=O) groups excluding carboxylic acids is 1. The van der Waals surface area contributed by atoms with Gasteiger partial charge in [-0.05, 0) is 29.8 Å². The molecule has 0 saturated heterocycles. The third-order valence-electron chi connectivity index (χ3n) is 3.43. The van der Waals surface area contributed by atoms with Crippen molar-refractivity contribution in [1.29, 1.82) is 0 Å². The highest BCUT2D eigenvalue weighted by molar-refractivity contribution is 7.89. The number of carbonyl (C=O) groups is 1. The maximum atomic E-state index is 12.4. The maximum Gasteiger partial charge on any atom is 0.573 e. The lowest BCUT2D eigenvalue weighted by atomic mass is 10.1. The van der Waals surface area contributed by atoms with Crippen molar-refractivity contribution in [2.24, 2.45) is 0 Å². The fraction of sp³-hybridized carbons (Fsp3) is 0.176. The molecule has 0 aliphatic heterocycles. The van der Waals surface area contributed by atoms with E-state index in [1.54, 1.807) is 12.1 Å². The minimum absolute atomic E-state index is 0.192. The number of hydrogen-bond donors (Lipinski definition) is 1. The van der Waals surface area contributed by atoms with E-state index in [9.17, 15) is 26.4 Å². The Labute approximate surface area is 161 Å². The van der Waals surface area contributed by atoms with Crippen LogP contribution in [0.4, 0.5) is 18.3 Å². The van der Waals surface area contributed by atoms with Crippen molar-refractivity contribution >= 4 is 42.4 Å². The number of ether oxygens (including phenoxy) is 1. The number of alkyl halides is 3. The van der Waals surface area contributed by atoms with Gasteiger partial charge < -0.3 is 4.74 Å². The minimum Gasteiger partial charge on any atom is -0.406 e. The van der Waals surface area contributed by atoms with Gasteiger partial charge in [-0.1, -0.05) is 23.5 Å². The van der Waals surface area contributed by atoms with Crippen LogP contribution in [0.5, 0.6) is 5.75 Å². The van der Waals surface area contributed by atoms with Crippen LogP contribution in [0.25, 0.3) is 10.2 Å². The van der Waals surface area contributed by atoms with Crippen LogP contribution in [0.15, 0.2) is 42.5 Å². The summed E-state index contributed by atoms with van der Waals surface area (Å²) in [5.41, 5.74) is 1.11. The number of hydrogen-bond acceptors (Lipinski definition) is 6. The summed E-state index contributed by atoms with van der Waals surface area (Å²) in [5.74, 6) is -1.09. The number of fused-ring (bicyclic) bond motifs is 1. The molecule has 0 saturated carbocycles. The Hall–Kier alpha value is -2.66. The van der Waals surface area contributed by atoms with Crippen molar-refractivity contribution in [1.82, 2.24) is 4.98 Å². The molecule has 0 fully saturated rings. The molecule has 0 unspecified atom stereocenters. The number of rotatable bonds is 5. The summed E-state index contributed by atoms with van der Waals surface area (Å²) in [4.78, 5) is 16.5. The van der Waals surface area contributed by atoms with Crippen molar-refractivity contribution in [2.75, 3.05) is 11.6 Å². The topological polar surface area (TPSA) is 85.4 Å². The maximum absolute atomic E-state index is 12.4. The normalized spacial score (nSPS) is 12.1. The lowest BCUT2D eigenvalue weighted by Gasteiger charge is -2.07. The molecule has 1 aromatic heterocycles. The van der Waals surface area contributed by atoms with Crippen LogP contribution in [0.1, 0.15) is 15.9 Å². The lowest BCUT2D eigenvalue weighted by Crippen LogP contribution is -2.16. The van der Waals surface area contributed by atoms with Crippen molar-refractivity contribution in [3.05, 3.63) is 53.6 Å². The number of aromatic nitrogens is 1. The molecule has 148 valence electrons. The molecule has 6 nitrogen and oxygen atoms in total. The van der Waals surface area contributed by atoms with Gasteiger partial charge in [0.15, 0.2) is 15.0 Å². The predicted molar refractivity (Wildman–Crippen MR) is 99.2 cm³/mol. The Morgan fingerprint density at radius 2 is 1.96 bits per heavy atom. The van der Waals surface area contributed by atoms with Crippen LogP contribution in [0, 0.1) is 0 Å². The van der Waals surface area contributed by atoms with E-state index >= 15 is 0 Å². The summed E-state index contributed by atoms with van der Waals surface area (Å²) in [6, 6.07) is 9.81. The quantitative estimate of drug-likeness (QED) is 0.662. The third-order valence-corrected chi connectivity index (χ3v) is 5.22. The summed E-state index contributed by atoms with van der Waals surface area (Å²) < 4.78 is 64.0. The van der Waals surface area contributed by atoms with E-state index in [2.05, 4.69) is 15.0 Å². The summed E-state index contributed by atoms with van der Waals surface area (Å²) in [7, 11) is -3.25. The number of nitrogens with one attached hydrogen (secondary N) is 1. The molecule has 2 aromatic carbocycles. The van der Waals surface area contributed by atoms with Gasteiger partial charge in [0.05, 0.1) is 16.0 Å². The molecule has 1 amide bonds. The average molecular weight is 430 g/mol. The third kappa shape index (κ3) is 5.42. The highest BCUT2D eigenvalue weighted by atomic mass is 32.2. The fourth-order valence-corrected chi connectivity index (χ4v) is 4.10. The highest BCUT2D eigenvalue weighted by Crippen LogP contribution is 2.31. The zero-order chi connectivity index (χ0) is 20.5. The summed E-state index contributed by atoms with van der Waals surface area (Å²) in [5, 5.41) is 2.75. The highest BCUT2D eigenvalue weighted by Gasteiger charge is 2.31. The molecule has 3 rings (SSSR count). The van der Waals surface area contributed by atoms with Crippen molar-refractivity contribution < 1.29 is 31.1 Å². The Balaban J connectivity index is 1.79. The summed E-state index contributed by atoms with van der Waals surface area (Å²) in [6.45, 7) is 0. The van der Waals surface area contributed by atoms with E-state index in [4.69, 9.17) is 0 Å². The smallest absolute Gasteiger partial charge is 0.406 e. The molecular formula is C17H13F3N2O4S2. The van der Waals surface area contributed by atoms with Gasteiger partial charge in [-0.25, -0.2) is 13.4 Å². The first-order valence-corrected chi connectivity index (χ1v) is 10.6. The molecule has 1 heterocycles. The molecule has 11 heteroatoms. The van der Waals surface area contributed by atoms with Crippen LogP contribution in [0.3, 0.4) is 0 Å². The zero-order valence-corrected chi connectivity index (χ0v) is 15.9. The molecule has 3 aromatic rings. The minimum atomic E-state index is -4.80. The Morgan fingerprint density at radius 3 is 2.64 bits per heavy atom. The Kier molecular flexibility index (Phi) is 5.31. The first-order chi connectivity index (χ1) is 13.0. The van der Waals surface area contributed by atoms with Crippen molar-refractivity contribution in [3.63, 3.8) is 0 Å². The standard InChI is InChI=1S/C17H13F3N2O4S2/c1-28(24,25)9-10-3-2-4-11(7-10)15(23)22-16-21-13-6-5-12(8-14(13)27-16)26-17(18,19)20/h2-8H,9H2,1H3,(H,21,22,23). The van der Waals surface area contributed by atoms with E-state index in [1.165, 1.54) is 24.3 Å². The number of thiazole rings is 1. The number of halogens is 3. The van der Waals surface area contributed by atoms with Gasteiger partial charge in [-0.3, -0.25) is 10.1 Å². The lowest BCUT2D eigenvalue weighted by molar-refractivity contribution is -0.274. The first-order valence-electron chi connectivity index (χ1n) is 7.73. The zero-order valence-electron chi connectivity index (χ0n) is 14.3. The molecule has 0 radical (unpaired) electrons. The second-order valence-electron chi connectivity index (χ2n) is 5.92. The number of sulfone groups is 1. The van der Waals surface area contributed by atoms with Gasteiger partial charge in [-0.15, -0.1) is 13.2 Å². The first kappa shape index (κ1) is 20.1. The summed E-state index contributed by atoms with van der Waals surface area (Å²) in [6.07, 6.45) is -3.70. The van der Waals surface area contributed by atoms with Crippen LogP contribution >= 0.6 is 11.3 Å². The van der Waals surface area contributed by atoms with E-state index in [1.807, 2.05) is 0 Å². The van der Waals surface area contributed by atoms with Crippen LogP contribution in [0.2, 0.25) is 0 Å². The number of anilines is 1. The van der Waals surface area contributed by atoms with Crippen molar-refractivity contribution in [2.45, 2.75) is 12.1 Å². The fourth-order valence-electron chi connectivity index (χ4n) is 2.43. The number of benzene rings is 2. The molecule has 0 bridgehead atoms. The van der Waals surface area contributed by atoms with Crippen LogP contribution in [-0.4, -0.2) is 31.9 Å². The van der Waals surface area contributed by atoms with Gasteiger partial charge >= 0.3 is 6.36 Å². The molecule has 0 aliphatic carbocycles. The van der Waals surface area contributed by atoms with E-state index in [0.29, 0.717) is 15.8 Å². The molecule has 0 atom stereocenters. The largest absolute Gasteiger partial charge is 0.573 e. The second-order valence-corrected chi connectivity index (χ2v) is 9.09. The molecule has 0 aliphatic rings. The van der Waals surface area contributed by atoms with Crippen LogP contribution in [-0.2, 0) is 15.6 Å². The van der Waals surface area contributed by atoms with Gasteiger partial charge in [0.2, 0.25) is 0 Å². The SMILES string of the molecule is CS(=O)(=O)Cc1cccc(C(=O)Nc2nc3ccc(OC(F)(F)F)cc3s2)c1. The summed E-state index contributed by atoms with van der Waals surface area (Å²) >= 11 is 0.988. The van der Waals surface area contributed by atoms with Gasteiger partial charge in [0, 0.05) is 17.9 Å². The molecular weight excluding hydrogens is 417 g/mol. The van der Waals surface area contributed by atoms with E-state index in [-0.39, 0.29) is 22.2 Å². The number of amides is 1. The monoisotopic (exact) mass is 430 g/mol. The van der Waals surface area contributed by atoms with E-state index < -0.39 is 22.1 Å². The molecule has 1 N–H and O–H groups in total. The van der Waals surface area contributed by atoms with Gasteiger partial charge in [-0.2, -0.15) is 0 Å². The predicted octanol–water partition coefficient (Wildman–Crippen LogP) is 3.99. The van der Waals surface area contributed by atoms with E-state index in [0.717, 1.165) is 23.7 Å². The second kappa shape index (κ2) is 7.40.